The third-order valence-corrected chi connectivity index (χ3v) is 8.21. The van der Waals surface area contributed by atoms with Gasteiger partial charge in [0, 0.05) is 30.1 Å². The number of β-lactam (4-membered cyclic amide) rings is 1. The third kappa shape index (κ3) is 4.55. The molecule has 0 bridgehead atoms. The molecule has 2 aromatic rings. The van der Waals surface area contributed by atoms with Crippen molar-refractivity contribution in [2.45, 2.75) is 52.3 Å². The average molecular weight is 545 g/mol. The first-order valence-corrected chi connectivity index (χ1v) is 13.9. The Morgan fingerprint density at radius 2 is 1.88 bits per heavy atom. The highest BCUT2D eigenvalue weighted by molar-refractivity contribution is 6.03. The second kappa shape index (κ2) is 11.2. The summed E-state index contributed by atoms with van der Waals surface area (Å²) < 4.78 is 15.8. The Kier molecular flexibility index (Phi) is 7.70. The maximum atomic E-state index is 13.4. The van der Waals surface area contributed by atoms with Crippen LogP contribution in [0.2, 0.25) is 0 Å². The van der Waals surface area contributed by atoms with Gasteiger partial charge in [0.15, 0.2) is 0 Å². The van der Waals surface area contributed by atoms with Crippen LogP contribution in [0.25, 0.3) is 10.8 Å². The number of hydrogen-bond donors (Lipinski definition) is 0. The summed E-state index contributed by atoms with van der Waals surface area (Å²) in [7, 11) is 0. The quantitative estimate of drug-likeness (QED) is 0.216. The number of benzene rings is 2. The van der Waals surface area contributed by atoms with Gasteiger partial charge in [0.25, 0.3) is 0 Å². The van der Waals surface area contributed by atoms with Gasteiger partial charge >= 0.3 is 12.1 Å². The highest BCUT2D eigenvalue weighted by Gasteiger charge is 2.61. The molecule has 0 N–H and O–H groups in total. The van der Waals surface area contributed by atoms with Gasteiger partial charge in [0.1, 0.15) is 25.0 Å². The molecule has 0 aliphatic carbocycles. The van der Waals surface area contributed by atoms with Crippen LogP contribution in [-0.2, 0) is 36.8 Å². The van der Waals surface area contributed by atoms with Crippen molar-refractivity contribution < 1.29 is 28.6 Å². The van der Waals surface area contributed by atoms with E-state index in [1.807, 2.05) is 6.92 Å². The summed E-state index contributed by atoms with van der Waals surface area (Å²) >= 11 is 0. The third-order valence-electron chi connectivity index (χ3n) is 8.21. The molecule has 1 saturated heterocycles. The van der Waals surface area contributed by atoms with Crippen molar-refractivity contribution in [3.8, 4) is 0 Å². The fourth-order valence-electron chi connectivity index (χ4n) is 6.46. The maximum absolute atomic E-state index is 13.4. The van der Waals surface area contributed by atoms with E-state index in [0.717, 1.165) is 24.1 Å². The van der Waals surface area contributed by atoms with Gasteiger partial charge in [-0.3, -0.25) is 4.79 Å². The van der Waals surface area contributed by atoms with E-state index < -0.39 is 24.1 Å². The van der Waals surface area contributed by atoms with Crippen LogP contribution in [-0.4, -0.2) is 54.8 Å². The van der Waals surface area contributed by atoms with Crippen LogP contribution < -0.4 is 4.90 Å². The predicted molar refractivity (Wildman–Crippen MR) is 153 cm³/mol. The van der Waals surface area contributed by atoms with Gasteiger partial charge in [-0.15, -0.1) is 0 Å². The standard InChI is InChI=1S/C32H36N2O6/c1-6-10-21-13-14-22-17-33(25-12-9-11-23(21)27(22)25)18-24-19(4)28-26(20(5)40-32(37)39-16-8-3)30(35)34(28)29(24)31(36)38-15-7-2/h7-9,11-14,19-20,26,28H,2-3,6,10,15-18H2,1,4-5H3/t19-,20?,26?,28?/m0/s1. The zero-order chi connectivity index (χ0) is 28.6. The molecular weight excluding hydrogens is 508 g/mol. The summed E-state index contributed by atoms with van der Waals surface area (Å²) in [6.07, 6.45) is 3.46. The second-order valence-corrected chi connectivity index (χ2v) is 10.6. The summed E-state index contributed by atoms with van der Waals surface area (Å²) in [6, 6.07) is 10.5. The molecule has 3 aliphatic rings. The Bertz CT molecular complexity index is 1410. The number of carbonyl (C=O) groups is 3. The Morgan fingerprint density at radius 3 is 2.60 bits per heavy atom. The maximum Gasteiger partial charge on any atom is 0.508 e. The molecule has 8 heteroatoms. The molecule has 4 atom stereocenters. The lowest BCUT2D eigenvalue weighted by Crippen LogP contribution is -2.64. The van der Waals surface area contributed by atoms with Gasteiger partial charge < -0.3 is 24.0 Å². The molecule has 0 radical (unpaired) electrons. The van der Waals surface area contributed by atoms with E-state index in [9.17, 15) is 14.4 Å². The van der Waals surface area contributed by atoms with Gasteiger partial charge in [-0.1, -0.05) is 69.8 Å². The number of aryl methyl sites for hydroxylation is 1. The molecule has 8 nitrogen and oxygen atoms in total. The molecule has 5 rings (SSSR count). The summed E-state index contributed by atoms with van der Waals surface area (Å²) in [5, 5.41) is 2.53. The minimum atomic E-state index is -0.853. The predicted octanol–water partition coefficient (Wildman–Crippen LogP) is 5.30. The van der Waals surface area contributed by atoms with Crippen molar-refractivity contribution in [2.24, 2.45) is 11.8 Å². The van der Waals surface area contributed by atoms with Gasteiger partial charge in [-0.25, -0.2) is 9.59 Å². The molecule has 3 unspecified atom stereocenters. The molecule has 0 saturated carbocycles. The van der Waals surface area contributed by atoms with Crippen molar-refractivity contribution in [3.05, 3.63) is 78.0 Å². The number of ether oxygens (including phenoxy) is 3. The highest BCUT2D eigenvalue weighted by atomic mass is 16.7. The number of fused-ring (bicyclic) bond motifs is 1. The topological polar surface area (TPSA) is 85.4 Å². The van der Waals surface area contributed by atoms with Crippen LogP contribution in [0.3, 0.4) is 0 Å². The fourth-order valence-corrected chi connectivity index (χ4v) is 6.46. The van der Waals surface area contributed by atoms with Gasteiger partial charge in [0.05, 0.1) is 12.0 Å². The minimum Gasteiger partial charge on any atom is -0.457 e. The Hall–Kier alpha value is -4.07. The first-order valence-electron chi connectivity index (χ1n) is 13.9. The molecule has 2 aromatic carbocycles. The number of amides is 1. The van der Waals surface area contributed by atoms with Crippen LogP contribution in [0, 0.1) is 11.8 Å². The Morgan fingerprint density at radius 1 is 1.12 bits per heavy atom. The average Bonchev–Trinajstić information content (AvgIpc) is 3.41. The molecule has 1 amide bonds. The first-order chi connectivity index (χ1) is 19.3. The summed E-state index contributed by atoms with van der Waals surface area (Å²) in [5.74, 6) is -1.56. The number of nitrogens with zero attached hydrogens (tertiary/aromatic N) is 2. The molecule has 0 spiro atoms. The summed E-state index contributed by atoms with van der Waals surface area (Å²) in [5.41, 5.74) is 4.85. The smallest absolute Gasteiger partial charge is 0.457 e. The van der Waals surface area contributed by atoms with Crippen molar-refractivity contribution in [2.75, 3.05) is 24.7 Å². The molecule has 0 aromatic heterocycles. The highest BCUT2D eigenvalue weighted by Crippen LogP contribution is 2.49. The molecule has 210 valence electrons. The first kappa shape index (κ1) is 27.5. The van der Waals surface area contributed by atoms with E-state index in [1.54, 1.807) is 6.92 Å². The Balaban J connectivity index is 1.45. The van der Waals surface area contributed by atoms with Crippen LogP contribution in [0.15, 0.2) is 66.9 Å². The Labute approximate surface area is 234 Å². The van der Waals surface area contributed by atoms with E-state index in [0.29, 0.717) is 13.1 Å². The van der Waals surface area contributed by atoms with Crippen molar-refractivity contribution in [1.82, 2.24) is 4.90 Å². The van der Waals surface area contributed by atoms with Crippen molar-refractivity contribution in [3.63, 3.8) is 0 Å². The van der Waals surface area contributed by atoms with Crippen molar-refractivity contribution in [1.29, 1.82) is 0 Å². The molecular formula is C32H36N2O6. The van der Waals surface area contributed by atoms with E-state index in [-0.39, 0.29) is 36.8 Å². The van der Waals surface area contributed by atoms with Crippen LogP contribution in [0.5, 0.6) is 0 Å². The molecule has 1 fully saturated rings. The van der Waals surface area contributed by atoms with Gasteiger partial charge in [-0.2, -0.15) is 0 Å². The number of hydrogen-bond acceptors (Lipinski definition) is 7. The van der Waals surface area contributed by atoms with E-state index in [4.69, 9.17) is 14.2 Å². The number of carbonyl (C=O) groups excluding carboxylic acids is 3. The molecule has 3 heterocycles. The zero-order valence-electron chi connectivity index (χ0n) is 23.4. The minimum absolute atomic E-state index is 0.0199. The number of rotatable bonds is 11. The van der Waals surface area contributed by atoms with E-state index >= 15 is 0 Å². The second-order valence-electron chi connectivity index (χ2n) is 10.6. The lowest BCUT2D eigenvalue weighted by atomic mass is 9.77. The zero-order valence-corrected chi connectivity index (χ0v) is 23.4. The van der Waals surface area contributed by atoms with Crippen LogP contribution in [0.4, 0.5) is 10.5 Å². The monoisotopic (exact) mass is 544 g/mol. The number of esters is 1. The SMILES string of the molecule is C=CCOC(=O)OC(C)C1C(=O)N2C(C(=O)OCC=C)=C(CN3Cc4ccc(CCC)c5cccc3c45)[C@H](C)C12. The van der Waals surface area contributed by atoms with Gasteiger partial charge in [-0.05, 0) is 41.5 Å². The van der Waals surface area contributed by atoms with Gasteiger partial charge in [0.2, 0.25) is 5.91 Å². The van der Waals surface area contributed by atoms with E-state index in [1.165, 1.54) is 39.0 Å². The van der Waals surface area contributed by atoms with E-state index in [2.05, 4.69) is 55.3 Å². The normalized spacial score (nSPS) is 21.7. The largest absolute Gasteiger partial charge is 0.508 e. The fraction of sp³-hybridized carbons (Fsp3) is 0.406. The van der Waals surface area contributed by atoms with Crippen molar-refractivity contribution >= 4 is 34.5 Å². The molecule has 40 heavy (non-hydrogen) atoms. The van der Waals surface area contributed by atoms with Crippen LogP contribution in [0.1, 0.15) is 38.3 Å². The summed E-state index contributed by atoms with van der Waals surface area (Å²) in [6.45, 7) is 14.3. The lowest BCUT2D eigenvalue weighted by Gasteiger charge is -2.47. The molecule has 3 aliphatic heterocycles. The number of anilines is 1. The van der Waals surface area contributed by atoms with Crippen LogP contribution >= 0.6 is 0 Å². The lowest BCUT2D eigenvalue weighted by molar-refractivity contribution is -0.164. The summed E-state index contributed by atoms with van der Waals surface area (Å²) in [4.78, 5) is 42.6.